The summed E-state index contributed by atoms with van der Waals surface area (Å²) in [6.07, 6.45) is 2.66. The van der Waals surface area contributed by atoms with E-state index in [9.17, 15) is 28.4 Å². The molecule has 1 aromatic heterocycles. The summed E-state index contributed by atoms with van der Waals surface area (Å²) in [5, 5.41) is 4.44. The molecule has 2 aliphatic heterocycles. The van der Waals surface area contributed by atoms with E-state index in [0.29, 0.717) is 11.8 Å². The fraction of sp³-hybridized carbons (Fsp3) is 0.227. The number of halogens is 1. The van der Waals surface area contributed by atoms with Crippen molar-refractivity contribution in [2.45, 2.75) is 12.5 Å². The molecule has 0 bridgehead atoms. The van der Waals surface area contributed by atoms with Crippen molar-refractivity contribution in [3.05, 3.63) is 64.7 Å². The van der Waals surface area contributed by atoms with Gasteiger partial charge in [-0.15, -0.1) is 0 Å². The predicted molar refractivity (Wildman–Crippen MR) is 118 cm³/mol. The molecule has 1 atom stereocenters. The molecule has 3 heterocycles. The van der Waals surface area contributed by atoms with Gasteiger partial charge in [-0.2, -0.15) is 0 Å². The van der Waals surface area contributed by atoms with E-state index in [-0.39, 0.29) is 29.3 Å². The van der Waals surface area contributed by atoms with E-state index in [1.54, 1.807) is 18.2 Å². The molecule has 10 nitrogen and oxygen atoms in total. The average molecular weight is 486 g/mol. The molecule has 2 aliphatic rings. The van der Waals surface area contributed by atoms with Gasteiger partial charge in [-0.05, 0) is 43.0 Å². The van der Waals surface area contributed by atoms with E-state index < -0.39 is 46.9 Å². The molecule has 34 heavy (non-hydrogen) atoms. The summed E-state index contributed by atoms with van der Waals surface area (Å²) in [7, 11) is 0. The van der Waals surface area contributed by atoms with E-state index in [2.05, 4.69) is 10.6 Å². The van der Waals surface area contributed by atoms with Crippen molar-refractivity contribution in [1.29, 1.82) is 0 Å². The van der Waals surface area contributed by atoms with Crippen LogP contribution in [0.25, 0.3) is 6.08 Å². The van der Waals surface area contributed by atoms with Crippen LogP contribution >= 0.6 is 11.8 Å². The van der Waals surface area contributed by atoms with Gasteiger partial charge < -0.3 is 15.1 Å². The van der Waals surface area contributed by atoms with Gasteiger partial charge in [-0.25, -0.2) is 9.18 Å². The van der Waals surface area contributed by atoms with Gasteiger partial charge in [0, 0.05) is 18.7 Å². The number of hydrogen-bond donors (Lipinski definition) is 2. The second kappa shape index (κ2) is 9.14. The van der Waals surface area contributed by atoms with Crippen molar-refractivity contribution in [2.75, 3.05) is 19.6 Å². The summed E-state index contributed by atoms with van der Waals surface area (Å²) in [5.41, 5.74) is -1.25. The number of hydrogen-bond acceptors (Lipinski definition) is 7. The van der Waals surface area contributed by atoms with Gasteiger partial charge in [-0.1, -0.05) is 18.2 Å². The predicted octanol–water partition coefficient (Wildman–Crippen LogP) is 2.04. The highest BCUT2D eigenvalue weighted by Crippen LogP contribution is 2.32. The molecular formula is C22H19FN4O6S. The first-order chi connectivity index (χ1) is 16.2. The fourth-order valence-corrected chi connectivity index (χ4v) is 4.36. The van der Waals surface area contributed by atoms with E-state index in [1.165, 1.54) is 37.5 Å². The van der Waals surface area contributed by atoms with E-state index >= 15 is 0 Å². The second-order valence-corrected chi connectivity index (χ2v) is 8.62. The van der Waals surface area contributed by atoms with E-state index in [1.807, 2.05) is 0 Å². The highest BCUT2D eigenvalue weighted by Gasteiger charge is 2.51. The van der Waals surface area contributed by atoms with Crippen LogP contribution in [-0.2, 0) is 19.9 Å². The third kappa shape index (κ3) is 4.31. The molecular weight excluding hydrogens is 467 g/mol. The van der Waals surface area contributed by atoms with Gasteiger partial charge in [0.25, 0.3) is 17.1 Å². The lowest BCUT2D eigenvalue weighted by atomic mass is 9.99. The maximum atomic E-state index is 13.8. The normalized spacial score (nSPS) is 21.5. The van der Waals surface area contributed by atoms with Crippen LogP contribution in [0.5, 0.6) is 0 Å². The molecule has 1 aromatic carbocycles. The van der Waals surface area contributed by atoms with E-state index in [0.717, 1.165) is 9.80 Å². The van der Waals surface area contributed by atoms with Crippen LogP contribution in [0.1, 0.15) is 18.2 Å². The van der Waals surface area contributed by atoms with Crippen molar-refractivity contribution < 1.29 is 32.8 Å². The highest BCUT2D eigenvalue weighted by atomic mass is 32.2. The summed E-state index contributed by atoms with van der Waals surface area (Å²) >= 11 is 0.674. The monoisotopic (exact) mass is 486 g/mol. The van der Waals surface area contributed by atoms with Crippen LogP contribution in [0, 0.1) is 5.82 Å². The minimum atomic E-state index is -1.42. The number of nitrogens with zero attached hydrogens (tertiary/aromatic N) is 2. The molecule has 0 spiro atoms. The molecule has 2 N–H and O–H groups in total. The zero-order valence-corrected chi connectivity index (χ0v) is 18.7. The Bertz CT molecular complexity index is 1210. The van der Waals surface area contributed by atoms with Crippen molar-refractivity contribution in [2.24, 2.45) is 0 Å². The Labute approximate surface area is 197 Å². The average Bonchev–Trinajstić information content (AvgIpc) is 3.48. The molecule has 0 aliphatic carbocycles. The van der Waals surface area contributed by atoms with Crippen molar-refractivity contribution in [1.82, 2.24) is 20.4 Å². The second-order valence-electron chi connectivity index (χ2n) is 7.63. The van der Waals surface area contributed by atoms with Gasteiger partial charge in [0.15, 0.2) is 5.54 Å². The lowest BCUT2D eigenvalue weighted by Crippen LogP contribution is -2.44. The molecule has 2 saturated heterocycles. The molecule has 176 valence electrons. The number of thioether (sulfide) groups is 1. The Morgan fingerprint density at radius 2 is 1.94 bits per heavy atom. The number of imide groups is 2. The maximum Gasteiger partial charge on any atom is 0.325 e. The number of rotatable bonds is 7. The third-order valence-corrected chi connectivity index (χ3v) is 6.22. The Morgan fingerprint density at radius 3 is 2.65 bits per heavy atom. The highest BCUT2D eigenvalue weighted by molar-refractivity contribution is 8.18. The van der Waals surface area contributed by atoms with Crippen LogP contribution in [0.15, 0.2) is 52.0 Å². The van der Waals surface area contributed by atoms with Crippen molar-refractivity contribution in [3.8, 4) is 0 Å². The Hall–Kier alpha value is -3.93. The summed E-state index contributed by atoms with van der Waals surface area (Å²) in [5.74, 6) is -2.19. The fourth-order valence-electron chi connectivity index (χ4n) is 3.50. The largest absolute Gasteiger partial charge is 0.466 e. The zero-order chi connectivity index (χ0) is 24.5. The number of amides is 6. The number of carbonyl (C=O) groups excluding carboxylic acids is 5. The quantitative estimate of drug-likeness (QED) is 0.453. The Balaban J connectivity index is 1.32. The lowest BCUT2D eigenvalue weighted by molar-refractivity contribution is -0.135. The zero-order valence-electron chi connectivity index (χ0n) is 17.9. The molecule has 2 fully saturated rings. The minimum absolute atomic E-state index is 0.0676. The summed E-state index contributed by atoms with van der Waals surface area (Å²) in [6, 6.07) is 8.22. The van der Waals surface area contributed by atoms with Crippen LogP contribution in [0.3, 0.4) is 0 Å². The van der Waals surface area contributed by atoms with Gasteiger partial charge in [0.2, 0.25) is 5.91 Å². The number of benzene rings is 1. The van der Waals surface area contributed by atoms with Crippen LogP contribution in [0.2, 0.25) is 0 Å². The first kappa shape index (κ1) is 23.2. The molecule has 2 aromatic rings. The molecule has 1 unspecified atom stereocenters. The Kier molecular flexibility index (Phi) is 6.24. The first-order valence-corrected chi connectivity index (χ1v) is 11.0. The number of urea groups is 1. The van der Waals surface area contributed by atoms with E-state index in [4.69, 9.17) is 4.42 Å². The minimum Gasteiger partial charge on any atom is -0.466 e. The maximum absolute atomic E-state index is 13.8. The first-order valence-electron chi connectivity index (χ1n) is 10.2. The van der Waals surface area contributed by atoms with Crippen LogP contribution in [0.4, 0.5) is 14.0 Å². The SMILES string of the molecule is CC1(c2ccco2)NC(=O)N(CC(=O)NCCN2C(=O)S/C(=C\c3ccccc3F)C2=O)C1=O. The number of nitrogens with one attached hydrogen (secondary N) is 2. The molecule has 4 rings (SSSR count). The summed E-state index contributed by atoms with van der Waals surface area (Å²) in [6.45, 7) is 0.701. The number of furan rings is 1. The van der Waals surface area contributed by atoms with Gasteiger partial charge >= 0.3 is 6.03 Å². The van der Waals surface area contributed by atoms with Gasteiger partial charge in [-0.3, -0.25) is 29.0 Å². The lowest BCUT2D eigenvalue weighted by Gasteiger charge is -2.19. The topological polar surface area (TPSA) is 129 Å². The Morgan fingerprint density at radius 1 is 1.18 bits per heavy atom. The molecule has 12 heteroatoms. The number of carbonyl (C=O) groups is 5. The van der Waals surface area contributed by atoms with Gasteiger partial charge in [0.1, 0.15) is 18.1 Å². The summed E-state index contributed by atoms with van der Waals surface area (Å²) < 4.78 is 19.1. The smallest absolute Gasteiger partial charge is 0.325 e. The van der Waals surface area contributed by atoms with Gasteiger partial charge in [0.05, 0.1) is 11.2 Å². The molecule has 6 amide bonds. The third-order valence-electron chi connectivity index (χ3n) is 5.31. The van der Waals surface area contributed by atoms with Crippen molar-refractivity contribution >= 4 is 46.8 Å². The summed E-state index contributed by atoms with van der Waals surface area (Å²) in [4.78, 5) is 63.8. The molecule has 0 radical (unpaired) electrons. The standard InChI is InChI=1S/C22H19FN4O6S/c1-22(16-7-4-10-33-16)19(30)27(20(31)25-22)12-17(28)24-8-9-26-18(29)15(34-21(26)32)11-13-5-2-3-6-14(13)23/h2-7,10-11H,8-9,12H2,1H3,(H,24,28)(H,25,31)/b15-11-. The van der Waals surface area contributed by atoms with Crippen molar-refractivity contribution in [3.63, 3.8) is 0 Å². The molecule has 0 saturated carbocycles. The van der Waals surface area contributed by atoms with Crippen LogP contribution in [-0.4, -0.2) is 58.4 Å². The van der Waals surface area contributed by atoms with Crippen LogP contribution < -0.4 is 10.6 Å².